The van der Waals surface area contributed by atoms with Crippen molar-refractivity contribution in [1.82, 2.24) is 39.4 Å². The molecule has 11 heteroatoms. The fourth-order valence-corrected chi connectivity index (χ4v) is 3.62. The van der Waals surface area contributed by atoms with Crippen LogP contribution in [0.2, 0.25) is 0 Å². The van der Waals surface area contributed by atoms with Gasteiger partial charge in [-0.05, 0) is 30.7 Å². The highest BCUT2D eigenvalue weighted by molar-refractivity contribution is 5.95. The number of carbonyl (C=O) groups excluding carboxylic acids is 1. The van der Waals surface area contributed by atoms with Gasteiger partial charge in [0.25, 0.3) is 11.7 Å². The normalized spacial score (nSPS) is 11.2. The maximum Gasteiger partial charge on any atom is 0.327 e. The van der Waals surface area contributed by atoms with Crippen LogP contribution in [0.15, 0.2) is 53.7 Å². The molecule has 0 aliphatic carbocycles. The van der Waals surface area contributed by atoms with Gasteiger partial charge >= 0.3 is 5.69 Å². The largest absolute Gasteiger partial charge is 0.368 e. The summed E-state index contributed by atoms with van der Waals surface area (Å²) in [5, 5.41) is 10.3. The lowest BCUT2D eigenvalue weighted by atomic mass is 10.0. The van der Waals surface area contributed by atoms with Gasteiger partial charge in [0.2, 0.25) is 0 Å². The second-order valence-electron chi connectivity index (χ2n) is 7.60. The molecule has 0 radical (unpaired) electrons. The van der Waals surface area contributed by atoms with Crippen molar-refractivity contribution in [2.45, 2.75) is 6.92 Å². The Labute approximate surface area is 187 Å². The Morgan fingerprint density at radius 1 is 1.12 bits per heavy atom. The standard InChI is InChI=1S/C22H21N9O2/c1-13-8-18(31-21(28-13)26-12-27-31)23-6-7-24-20(32)15-5-3-4-14(9-15)16-10-17-19(25-11-16)29-22(33)30(17)2/h3-5,8-12,23H,6-7H2,1-2H3,(H,24,32)(H,25,29,33). The minimum atomic E-state index is -0.220. The first kappa shape index (κ1) is 20.4. The molecule has 1 aromatic carbocycles. The number of hydrogen-bond acceptors (Lipinski definition) is 7. The molecule has 0 saturated carbocycles. The number of benzene rings is 1. The van der Waals surface area contributed by atoms with E-state index in [9.17, 15) is 9.59 Å². The average molecular weight is 443 g/mol. The van der Waals surface area contributed by atoms with Gasteiger partial charge in [0, 0.05) is 49.2 Å². The van der Waals surface area contributed by atoms with Gasteiger partial charge in [-0.2, -0.15) is 14.6 Å². The van der Waals surface area contributed by atoms with Crippen molar-refractivity contribution in [1.29, 1.82) is 0 Å². The number of aryl methyl sites for hydroxylation is 2. The number of nitrogens with one attached hydrogen (secondary N) is 3. The van der Waals surface area contributed by atoms with Crippen LogP contribution in [0.5, 0.6) is 0 Å². The molecule has 3 N–H and O–H groups in total. The van der Waals surface area contributed by atoms with E-state index in [1.807, 2.05) is 37.3 Å². The number of anilines is 1. The molecule has 0 unspecified atom stereocenters. The predicted octanol–water partition coefficient (Wildman–Crippen LogP) is 1.52. The maximum absolute atomic E-state index is 12.7. The first-order valence-corrected chi connectivity index (χ1v) is 10.3. The van der Waals surface area contributed by atoms with Crippen LogP contribution in [0, 0.1) is 6.92 Å². The van der Waals surface area contributed by atoms with Gasteiger partial charge in [0.05, 0.1) is 5.52 Å². The van der Waals surface area contributed by atoms with Crippen LogP contribution in [0.3, 0.4) is 0 Å². The molecule has 0 aliphatic heterocycles. The Balaban J connectivity index is 1.26. The monoisotopic (exact) mass is 443 g/mol. The third-order valence-corrected chi connectivity index (χ3v) is 5.31. The first-order valence-electron chi connectivity index (χ1n) is 10.3. The first-order chi connectivity index (χ1) is 16.0. The second kappa shape index (κ2) is 8.19. The molecule has 0 bridgehead atoms. The number of rotatable bonds is 6. The maximum atomic E-state index is 12.7. The molecule has 0 aliphatic rings. The summed E-state index contributed by atoms with van der Waals surface area (Å²) in [4.78, 5) is 39.9. The van der Waals surface area contributed by atoms with Gasteiger partial charge in [-0.3, -0.25) is 14.3 Å². The molecule has 5 rings (SSSR count). The quantitative estimate of drug-likeness (QED) is 0.339. The number of carbonyl (C=O) groups is 1. The molecule has 5 aromatic rings. The van der Waals surface area contributed by atoms with Crippen molar-refractivity contribution in [2.24, 2.45) is 7.05 Å². The summed E-state index contributed by atoms with van der Waals surface area (Å²) >= 11 is 0. The number of amides is 1. The third-order valence-electron chi connectivity index (χ3n) is 5.31. The molecule has 1 amide bonds. The summed E-state index contributed by atoms with van der Waals surface area (Å²) in [6.45, 7) is 2.81. The van der Waals surface area contributed by atoms with Crippen molar-refractivity contribution < 1.29 is 4.79 Å². The average Bonchev–Trinajstić information content (AvgIpc) is 3.40. The van der Waals surface area contributed by atoms with Crippen LogP contribution in [-0.2, 0) is 7.05 Å². The van der Waals surface area contributed by atoms with E-state index < -0.39 is 0 Å². The van der Waals surface area contributed by atoms with E-state index in [0.29, 0.717) is 35.6 Å². The molecule has 33 heavy (non-hydrogen) atoms. The number of hydrogen-bond donors (Lipinski definition) is 3. The zero-order valence-electron chi connectivity index (χ0n) is 18.0. The van der Waals surface area contributed by atoms with E-state index in [4.69, 9.17) is 0 Å². The molecular weight excluding hydrogens is 422 g/mol. The lowest BCUT2D eigenvalue weighted by molar-refractivity contribution is 0.0955. The van der Waals surface area contributed by atoms with E-state index in [1.54, 1.807) is 23.8 Å². The zero-order chi connectivity index (χ0) is 22.9. The van der Waals surface area contributed by atoms with Crippen LogP contribution < -0.4 is 16.3 Å². The molecule has 4 aromatic heterocycles. The lowest BCUT2D eigenvalue weighted by Gasteiger charge is -2.10. The van der Waals surface area contributed by atoms with E-state index in [0.717, 1.165) is 22.6 Å². The number of nitrogens with zero attached hydrogens (tertiary/aromatic N) is 6. The summed E-state index contributed by atoms with van der Waals surface area (Å²) in [6, 6.07) is 11.0. The van der Waals surface area contributed by atoms with Gasteiger partial charge in [0.15, 0.2) is 5.65 Å². The topological polar surface area (TPSA) is 135 Å². The van der Waals surface area contributed by atoms with Crippen LogP contribution in [0.4, 0.5) is 5.82 Å². The van der Waals surface area contributed by atoms with Crippen molar-refractivity contribution >= 4 is 28.7 Å². The van der Waals surface area contributed by atoms with E-state index >= 15 is 0 Å². The molecule has 0 atom stereocenters. The Bertz CT molecular complexity index is 1550. The molecule has 11 nitrogen and oxygen atoms in total. The zero-order valence-corrected chi connectivity index (χ0v) is 18.0. The third kappa shape index (κ3) is 3.91. The lowest BCUT2D eigenvalue weighted by Crippen LogP contribution is -2.29. The van der Waals surface area contributed by atoms with Gasteiger partial charge in [-0.25, -0.2) is 14.8 Å². The number of aromatic amines is 1. The van der Waals surface area contributed by atoms with E-state index in [1.165, 1.54) is 10.9 Å². The summed E-state index contributed by atoms with van der Waals surface area (Å²) in [5.41, 5.74) is 4.03. The van der Waals surface area contributed by atoms with Crippen molar-refractivity contribution in [3.63, 3.8) is 0 Å². The summed E-state index contributed by atoms with van der Waals surface area (Å²) in [5.74, 6) is 1.09. The fraction of sp³-hybridized carbons (Fsp3) is 0.182. The Morgan fingerprint density at radius 3 is 2.88 bits per heavy atom. The highest BCUT2D eigenvalue weighted by Gasteiger charge is 2.10. The minimum absolute atomic E-state index is 0.182. The van der Waals surface area contributed by atoms with E-state index in [-0.39, 0.29) is 11.6 Å². The number of aromatic nitrogens is 7. The van der Waals surface area contributed by atoms with Crippen LogP contribution in [0.25, 0.3) is 28.1 Å². The fourth-order valence-electron chi connectivity index (χ4n) is 3.62. The Morgan fingerprint density at radius 2 is 2.00 bits per heavy atom. The smallest absolute Gasteiger partial charge is 0.327 e. The molecule has 0 spiro atoms. The molecule has 0 saturated heterocycles. The van der Waals surface area contributed by atoms with Crippen molar-refractivity contribution in [3.8, 4) is 11.1 Å². The molecule has 4 heterocycles. The highest BCUT2D eigenvalue weighted by atomic mass is 16.2. The van der Waals surface area contributed by atoms with Crippen LogP contribution in [-0.4, -0.2) is 53.1 Å². The predicted molar refractivity (Wildman–Crippen MR) is 123 cm³/mol. The molecular formula is C22H21N9O2. The van der Waals surface area contributed by atoms with Gasteiger partial charge in [-0.1, -0.05) is 12.1 Å². The van der Waals surface area contributed by atoms with Gasteiger partial charge in [0.1, 0.15) is 12.1 Å². The summed E-state index contributed by atoms with van der Waals surface area (Å²) < 4.78 is 3.12. The SMILES string of the molecule is Cc1cc(NCCNC(=O)c2cccc(-c3cnc4[nH]c(=O)n(C)c4c3)c2)n2ncnc2n1. The van der Waals surface area contributed by atoms with Crippen LogP contribution in [0.1, 0.15) is 16.1 Å². The summed E-state index contributed by atoms with van der Waals surface area (Å²) in [7, 11) is 1.69. The Hall–Kier alpha value is -4.54. The number of pyridine rings is 1. The number of fused-ring (bicyclic) bond motifs is 2. The van der Waals surface area contributed by atoms with Crippen molar-refractivity contribution in [2.75, 3.05) is 18.4 Å². The van der Waals surface area contributed by atoms with Crippen molar-refractivity contribution in [3.05, 3.63) is 70.7 Å². The highest BCUT2D eigenvalue weighted by Crippen LogP contribution is 2.22. The van der Waals surface area contributed by atoms with Gasteiger partial charge in [-0.15, -0.1) is 0 Å². The van der Waals surface area contributed by atoms with Gasteiger partial charge < -0.3 is 10.6 Å². The van der Waals surface area contributed by atoms with E-state index in [2.05, 4.69) is 35.7 Å². The number of imidazole rings is 1. The van der Waals surface area contributed by atoms with Crippen LogP contribution >= 0.6 is 0 Å². The number of H-pyrrole nitrogens is 1. The Kier molecular flexibility index (Phi) is 5.05. The molecule has 0 fully saturated rings. The minimum Gasteiger partial charge on any atom is -0.368 e. The summed E-state index contributed by atoms with van der Waals surface area (Å²) in [6.07, 6.45) is 3.13. The molecule has 166 valence electrons. The second-order valence-corrected chi connectivity index (χ2v) is 7.60.